The van der Waals surface area contributed by atoms with E-state index in [1.54, 1.807) is 4.90 Å². The van der Waals surface area contributed by atoms with Gasteiger partial charge in [0.05, 0.1) is 13.2 Å². The standard InChI is InChI=1S/C15H22F2N4O2/c16-14(17)12-9-13(19-18-12)15(22)21-4-2-1-3-11(21)10-20-5-7-23-8-6-20/h9,11,14H,1-8,10H2,(H,18,19)/t11-/m0/s1. The van der Waals surface area contributed by atoms with Crippen LogP contribution in [0.25, 0.3) is 0 Å². The van der Waals surface area contributed by atoms with Crippen molar-refractivity contribution in [1.82, 2.24) is 20.0 Å². The number of carbonyl (C=O) groups is 1. The molecular formula is C15H22F2N4O2. The van der Waals surface area contributed by atoms with Crippen LogP contribution in [0.5, 0.6) is 0 Å². The number of halogens is 2. The van der Waals surface area contributed by atoms with Gasteiger partial charge in [-0.25, -0.2) is 8.78 Å². The molecule has 1 amide bonds. The molecule has 0 aliphatic carbocycles. The molecule has 0 radical (unpaired) electrons. The molecule has 2 aliphatic heterocycles. The molecule has 0 spiro atoms. The maximum absolute atomic E-state index is 12.7. The molecular weight excluding hydrogens is 306 g/mol. The fraction of sp³-hybridized carbons (Fsp3) is 0.733. The Balaban J connectivity index is 1.67. The van der Waals surface area contributed by atoms with Crippen molar-refractivity contribution >= 4 is 5.91 Å². The second-order valence-electron chi connectivity index (χ2n) is 6.07. The fourth-order valence-corrected chi connectivity index (χ4v) is 3.24. The molecule has 1 aromatic heterocycles. The average Bonchev–Trinajstić information content (AvgIpc) is 3.06. The van der Waals surface area contributed by atoms with Crippen molar-refractivity contribution in [1.29, 1.82) is 0 Å². The lowest BCUT2D eigenvalue weighted by Gasteiger charge is -2.39. The average molecular weight is 328 g/mol. The zero-order valence-corrected chi connectivity index (χ0v) is 13.0. The lowest BCUT2D eigenvalue weighted by Crippen LogP contribution is -2.51. The van der Waals surface area contributed by atoms with Gasteiger partial charge >= 0.3 is 0 Å². The van der Waals surface area contributed by atoms with Crippen molar-refractivity contribution in [2.75, 3.05) is 39.4 Å². The van der Waals surface area contributed by atoms with Gasteiger partial charge in [0, 0.05) is 32.2 Å². The van der Waals surface area contributed by atoms with Crippen molar-refractivity contribution < 1.29 is 18.3 Å². The van der Waals surface area contributed by atoms with Crippen molar-refractivity contribution in [2.24, 2.45) is 0 Å². The summed E-state index contributed by atoms with van der Waals surface area (Å²) in [6.07, 6.45) is 0.323. The summed E-state index contributed by atoms with van der Waals surface area (Å²) in [7, 11) is 0. The van der Waals surface area contributed by atoms with Crippen LogP contribution in [-0.2, 0) is 4.74 Å². The summed E-state index contributed by atoms with van der Waals surface area (Å²) < 4.78 is 30.7. The number of alkyl halides is 2. The maximum Gasteiger partial charge on any atom is 0.279 e. The van der Waals surface area contributed by atoms with Crippen LogP contribution in [0.4, 0.5) is 8.78 Å². The minimum absolute atomic E-state index is 0.0779. The number of rotatable bonds is 4. The summed E-state index contributed by atoms with van der Waals surface area (Å²) in [5.41, 5.74) is -0.232. The monoisotopic (exact) mass is 328 g/mol. The van der Waals surface area contributed by atoms with Crippen LogP contribution < -0.4 is 0 Å². The van der Waals surface area contributed by atoms with Crippen molar-refractivity contribution in [3.8, 4) is 0 Å². The molecule has 0 unspecified atom stereocenters. The Kier molecular flexibility index (Phi) is 5.22. The number of H-pyrrole nitrogens is 1. The Hall–Kier alpha value is -1.54. The second-order valence-corrected chi connectivity index (χ2v) is 6.07. The van der Waals surface area contributed by atoms with Crippen molar-refractivity contribution in [3.05, 3.63) is 17.5 Å². The molecule has 23 heavy (non-hydrogen) atoms. The Morgan fingerprint density at radius 1 is 1.35 bits per heavy atom. The van der Waals surface area contributed by atoms with E-state index in [0.29, 0.717) is 6.54 Å². The lowest BCUT2D eigenvalue weighted by atomic mass is 10.0. The molecule has 6 nitrogen and oxygen atoms in total. The molecule has 2 saturated heterocycles. The van der Waals surface area contributed by atoms with Gasteiger partial charge in [-0.05, 0) is 25.3 Å². The number of amides is 1. The molecule has 1 aromatic rings. The number of likely N-dealkylation sites (tertiary alicyclic amines) is 1. The van der Waals surface area contributed by atoms with Crippen LogP contribution in [0.2, 0.25) is 0 Å². The summed E-state index contributed by atoms with van der Waals surface area (Å²) >= 11 is 0. The number of hydrogen-bond acceptors (Lipinski definition) is 4. The summed E-state index contributed by atoms with van der Waals surface area (Å²) in [6, 6.07) is 1.27. The van der Waals surface area contributed by atoms with Gasteiger partial charge in [-0.1, -0.05) is 0 Å². The molecule has 1 N–H and O–H groups in total. The number of aromatic nitrogens is 2. The summed E-state index contributed by atoms with van der Waals surface area (Å²) in [6.45, 7) is 4.65. The van der Waals surface area contributed by atoms with Crippen molar-refractivity contribution in [3.63, 3.8) is 0 Å². The third kappa shape index (κ3) is 3.87. The Bertz CT molecular complexity index is 531. The predicted octanol–water partition coefficient (Wildman–Crippen LogP) is 1.67. The number of nitrogens with zero attached hydrogens (tertiary/aromatic N) is 3. The second kappa shape index (κ2) is 7.35. The third-order valence-corrected chi connectivity index (χ3v) is 4.51. The first-order chi connectivity index (χ1) is 11.1. The van der Waals surface area contributed by atoms with Crippen LogP contribution in [0, 0.1) is 0 Å². The molecule has 2 aliphatic rings. The normalized spacial score (nSPS) is 23.4. The number of aromatic amines is 1. The van der Waals surface area contributed by atoms with Gasteiger partial charge in [-0.15, -0.1) is 0 Å². The quantitative estimate of drug-likeness (QED) is 0.913. The number of nitrogens with one attached hydrogen (secondary N) is 1. The molecule has 8 heteroatoms. The van der Waals surface area contributed by atoms with E-state index in [1.807, 2.05) is 0 Å². The van der Waals surface area contributed by atoms with Gasteiger partial charge in [0.25, 0.3) is 12.3 Å². The van der Waals surface area contributed by atoms with Gasteiger partial charge in [-0.3, -0.25) is 14.8 Å². The van der Waals surface area contributed by atoms with Crippen LogP contribution in [-0.4, -0.2) is 71.3 Å². The zero-order chi connectivity index (χ0) is 16.2. The van der Waals surface area contributed by atoms with E-state index in [-0.39, 0.29) is 23.3 Å². The van der Waals surface area contributed by atoms with E-state index in [9.17, 15) is 13.6 Å². The maximum atomic E-state index is 12.7. The Morgan fingerprint density at radius 2 is 2.13 bits per heavy atom. The number of hydrogen-bond donors (Lipinski definition) is 1. The SMILES string of the molecule is O=C(c1cc(C(F)F)[nH]n1)N1CCCC[C@H]1CN1CCOCC1. The van der Waals surface area contributed by atoms with E-state index >= 15 is 0 Å². The highest BCUT2D eigenvalue weighted by Crippen LogP contribution is 2.22. The van der Waals surface area contributed by atoms with E-state index in [0.717, 1.165) is 58.2 Å². The molecule has 0 saturated carbocycles. The van der Waals surface area contributed by atoms with Gasteiger partial charge in [0.2, 0.25) is 0 Å². The highest BCUT2D eigenvalue weighted by Gasteiger charge is 2.31. The first-order valence-corrected chi connectivity index (χ1v) is 8.09. The van der Waals surface area contributed by atoms with Gasteiger partial charge in [0.15, 0.2) is 5.69 Å². The Labute approximate surface area is 133 Å². The minimum Gasteiger partial charge on any atom is -0.379 e. The topological polar surface area (TPSA) is 61.5 Å². The highest BCUT2D eigenvalue weighted by atomic mass is 19.3. The van der Waals surface area contributed by atoms with Crippen molar-refractivity contribution in [2.45, 2.75) is 31.7 Å². The Morgan fingerprint density at radius 3 is 2.83 bits per heavy atom. The molecule has 3 rings (SSSR count). The molecule has 3 heterocycles. The number of morpholine rings is 1. The van der Waals surface area contributed by atoms with Crippen LogP contribution in [0.15, 0.2) is 6.07 Å². The van der Waals surface area contributed by atoms with Gasteiger partial charge in [0.1, 0.15) is 5.69 Å². The van der Waals surface area contributed by atoms with Crippen LogP contribution >= 0.6 is 0 Å². The summed E-state index contributed by atoms with van der Waals surface area (Å²) in [5.74, 6) is -0.258. The first-order valence-electron chi connectivity index (χ1n) is 8.09. The molecule has 128 valence electrons. The lowest BCUT2D eigenvalue weighted by molar-refractivity contribution is 0.0164. The summed E-state index contributed by atoms with van der Waals surface area (Å²) in [5, 5.41) is 6.01. The first kappa shape index (κ1) is 16.3. The molecule has 0 aromatic carbocycles. The predicted molar refractivity (Wildman–Crippen MR) is 79.5 cm³/mol. The minimum atomic E-state index is -2.64. The molecule has 0 bridgehead atoms. The van der Waals surface area contributed by atoms with E-state index in [4.69, 9.17) is 4.74 Å². The molecule has 1 atom stereocenters. The smallest absolute Gasteiger partial charge is 0.279 e. The summed E-state index contributed by atoms with van der Waals surface area (Å²) in [4.78, 5) is 16.7. The van der Waals surface area contributed by atoms with E-state index in [2.05, 4.69) is 15.1 Å². The largest absolute Gasteiger partial charge is 0.379 e. The van der Waals surface area contributed by atoms with E-state index < -0.39 is 6.43 Å². The zero-order valence-electron chi connectivity index (χ0n) is 13.0. The van der Waals surface area contributed by atoms with Gasteiger partial charge < -0.3 is 9.64 Å². The number of carbonyl (C=O) groups excluding carboxylic acids is 1. The number of piperidine rings is 1. The van der Waals surface area contributed by atoms with Crippen LogP contribution in [0.1, 0.15) is 41.9 Å². The third-order valence-electron chi connectivity index (χ3n) is 4.51. The van der Waals surface area contributed by atoms with Crippen LogP contribution in [0.3, 0.4) is 0 Å². The number of ether oxygens (including phenoxy) is 1. The molecule has 2 fully saturated rings. The van der Waals surface area contributed by atoms with Gasteiger partial charge in [-0.2, -0.15) is 5.10 Å². The fourth-order valence-electron chi connectivity index (χ4n) is 3.24. The highest BCUT2D eigenvalue weighted by molar-refractivity contribution is 5.92. The van der Waals surface area contributed by atoms with E-state index in [1.165, 1.54) is 0 Å².